The second kappa shape index (κ2) is 5.59. The SMILES string of the molecule is CCn1cnc(C(O)CCc2ccccn2)c1. The van der Waals surface area contributed by atoms with E-state index in [0.717, 1.165) is 24.4 Å². The van der Waals surface area contributed by atoms with Crippen molar-refractivity contribution in [3.05, 3.63) is 48.3 Å². The number of rotatable bonds is 5. The molecule has 1 N–H and O–H groups in total. The predicted molar refractivity (Wildman–Crippen MR) is 65.4 cm³/mol. The number of hydrogen-bond donors (Lipinski definition) is 1. The summed E-state index contributed by atoms with van der Waals surface area (Å²) in [5.41, 5.74) is 1.74. The maximum Gasteiger partial charge on any atom is 0.0979 e. The summed E-state index contributed by atoms with van der Waals surface area (Å²) in [5, 5.41) is 9.99. The first-order chi connectivity index (χ1) is 8.29. The molecule has 2 aromatic heterocycles. The molecule has 0 bridgehead atoms. The van der Waals surface area contributed by atoms with Gasteiger partial charge in [0, 0.05) is 24.6 Å². The van der Waals surface area contributed by atoms with Crippen LogP contribution in [0.4, 0.5) is 0 Å². The molecule has 0 aliphatic rings. The fourth-order valence-corrected chi connectivity index (χ4v) is 1.70. The molecule has 0 aliphatic heterocycles. The number of imidazole rings is 1. The Morgan fingerprint density at radius 2 is 2.24 bits per heavy atom. The first-order valence-electron chi connectivity index (χ1n) is 5.89. The van der Waals surface area contributed by atoms with Gasteiger partial charge >= 0.3 is 0 Å². The lowest BCUT2D eigenvalue weighted by atomic mass is 10.1. The summed E-state index contributed by atoms with van der Waals surface area (Å²) in [6.45, 7) is 2.92. The number of aliphatic hydroxyl groups excluding tert-OH is 1. The molecule has 17 heavy (non-hydrogen) atoms. The van der Waals surface area contributed by atoms with Crippen LogP contribution in [0.3, 0.4) is 0 Å². The highest BCUT2D eigenvalue weighted by Gasteiger charge is 2.10. The van der Waals surface area contributed by atoms with Crippen molar-refractivity contribution in [2.45, 2.75) is 32.4 Å². The first-order valence-corrected chi connectivity index (χ1v) is 5.89. The van der Waals surface area contributed by atoms with E-state index in [9.17, 15) is 5.11 Å². The highest BCUT2D eigenvalue weighted by molar-refractivity contribution is 5.06. The quantitative estimate of drug-likeness (QED) is 0.855. The molecule has 0 saturated heterocycles. The summed E-state index contributed by atoms with van der Waals surface area (Å²) in [4.78, 5) is 8.42. The van der Waals surface area contributed by atoms with Crippen LogP contribution in [0, 0.1) is 0 Å². The van der Waals surface area contributed by atoms with Gasteiger partial charge in [0.15, 0.2) is 0 Å². The van der Waals surface area contributed by atoms with Gasteiger partial charge in [-0.05, 0) is 31.9 Å². The minimum Gasteiger partial charge on any atom is -0.387 e. The van der Waals surface area contributed by atoms with E-state index in [1.807, 2.05) is 35.9 Å². The molecular weight excluding hydrogens is 214 g/mol. The molecule has 0 fully saturated rings. The van der Waals surface area contributed by atoms with Gasteiger partial charge in [0.25, 0.3) is 0 Å². The molecule has 0 aliphatic carbocycles. The van der Waals surface area contributed by atoms with Crippen LogP contribution in [-0.2, 0) is 13.0 Å². The van der Waals surface area contributed by atoms with Crippen molar-refractivity contribution in [3.63, 3.8) is 0 Å². The van der Waals surface area contributed by atoms with E-state index in [4.69, 9.17) is 0 Å². The van der Waals surface area contributed by atoms with E-state index < -0.39 is 6.10 Å². The van der Waals surface area contributed by atoms with Gasteiger partial charge in [-0.1, -0.05) is 6.07 Å². The number of aliphatic hydroxyl groups is 1. The molecule has 4 heteroatoms. The molecule has 2 heterocycles. The topological polar surface area (TPSA) is 50.9 Å². The largest absolute Gasteiger partial charge is 0.387 e. The number of pyridine rings is 1. The highest BCUT2D eigenvalue weighted by atomic mass is 16.3. The van der Waals surface area contributed by atoms with E-state index in [-0.39, 0.29) is 0 Å². The van der Waals surface area contributed by atoms with Crippen LogP contribution in [0.15, 0.2) is 36.9 Å². The molecule has 2 rings (SSSR count). The minimum absolute atomic E-state index is 0.509. The van der Waals surface area contributed by atoms with Crippen molar-refractivity contribution in [3.8, 4) is 0 Å². The van der Waals surface area contributed by atoms with E-state index in [1.54, 1.807) is 12.5 Å². The van der Waals surface area contributed by atoms with Crippen LogP contribution in [0.1, 0.15) is 30.8 Å². The number of nitrogens with zero attached hydrogens (tertiary/aromatic N) is 3. The molecule has 4 nitrogen and oxygen atoms in total. The number of hydrogen-bond acceptors (Lipinski definition) is 3. The summed E-state index contributed by atoms with van der Waals surface area (Å²) in [6, 6.07) is 5.82. The zero-order valence-corrected chi connectivity index (χ0v) is 9.95. The van der Waals surface area contributed by atoms with E-state index in [2.05, 4.69) is 9.97 Å². The van der Waals surface area contributed by atoms with Gasteiger partial charge in [0.2, 0.25) is 0 Å². The summed E-state index contributed by atoms with van der Waals surface area (Å²) >= 11 is 0. The Labute approximate surface area is 101 Å². The second-order valence-corrected chi connectivity index (χ2v) is 4.00. The zero-order valence-electron chi connectivity index (χ0n) is 9.95. The van der Waals surface area contributed by atoms with Crippen molar-refractivity contribution in [1.82, 2.24) is 14.5 Å². The van der Waals surface area contributed by atoms with Crippen molar-refractivity contribution >= 4 is 0 Å². The third-order valence-corrected chi connectivity index (χ3v) is 2.76. The molecule has 0 saturated carbocycles. The highest BCUT2D eigenvalue weighted by Crippen LogP contribution is 2.16. The van der Waals surface area contributed by atoms with Crippen LogP contribution in [-0.4, -0.2) is 19.6 Å². The van der Waals surface area contributed by atoms with E-state index in [1.165, 1.54) is 0 Å². The normalized spacial score (nSPS) is 12.6. The van der Waals surface area contributed by atoms with Gasteiger partial charge in [-0.15, -0.1) is 0 Å². The Morgan fingerprint density at radius 3 is 2.88 bits per heavy atom. The fourth-order valence-electron chi connectivity index (χ4n) is 1.70. The Bertz CT molecular complexity index is 453. The standard InChI is InChI=1S/C13H17N3O/c1-2-16-9-12(15-10-16)13(17)7-6-11-5-3-4-8-14-11/h3-5,8-10,13,17H,2,6-7H2,1H3. The van der Waals surface area contributed by atoms with Crippen molar-refractivity contribution in [2.24, 2.45) is 0 Å². The monoisotopic (exact) mass is 231 g/mol. The third-order valence-electron chi connectivity index (χ3n) is 2.76. The smallest absolute Gasteiger partial charge is 0.0979 e. The van der Waals surface area contributed by atoms with Gasteiger partial charge in [0.05, 0.1) is 18.1 Å². The van der Waals surface area contributed by atoms with Gasteiger partial charge in [-0.25, -0.2) is 4.98 Å². The molecule has 2 aromatic rings. The molecular formula is C13H17N3O. The Morgan fingerprint density at radius 1 is 1.35 bits per heavy atom. The number of aryl methyl sites for hydroxylation is 2. The predicted octanol–water partition coefficient (Wildman–Crippen LogP) is 1.96. The average Bonchev–Trinajstić information content (AvgIpc) is 2.86. The molecule has 0 radical (unpaired) electrons. The van der Waals surface area contributed by atoms with Crippen molar-refractivity contribution < 1.29 is 5.11 Å². The molecule has 1 unspecified atom stereocenters. The Balaban J connectivity index is 1.91. The van der Waals surface area contributed by atoms with Gasteiger partial charge in [-0.3, -0.25) is 4.98 Å². The van der Waals surface area contributed by atoms with Crippen LogP contribution < -0.4 is 0 Å². The van der Waals surface area contributed by atoms with Crippen LogP contribution in [0.2, 0.25) is 0 Å². The first kappa shape index (κ1) is 11.8. The Kier molecular flexibility index (Phi) is 3.88. The summed E-state index contributed by atoms with van der Waals surface area (Å²) in [7, 11) is 0. The Hall–Kier alpha value is -1.68. The van der Waals surface area contributed by atoms with Crippen molar-refractivity contribution in [2.75, 3.05) is 0 Å². The maximum atomic E-state index is 9.99. The van der Waals surface area contributed by atoms with Crippen LogP contribution >= 0.6 is 0 Å². The van der Waals surface area contributed by atoms with E-state index >= 15 is 0 Å². The minimum atomic E-state index is -0.509. The van der Waals surface area contributed by atoms with Gasteiger partial charge in [0.1, 0.15) is 0 Å². The lowest BCUT2D eigenvalue weighted by Gasteiger charge is -2.06. The lowest BCUT2D eigenvalue weighted by Crippen LogP contribution is -2.01. The molecule has 1 atom stereocenters. The third kappa shape index (κ3) is 3.14. The second-order valence-electron chi connectivity index (χ2n) is 4.00. The van der Waals surface area contributed by atoms with Crippen LogP contribution in [0.25, 0.3) is 0 Å². The van der Waals surface area contributed by atoms with Crippen molar-refractivity contribution in [1.29, 1.82) is 0 Å². The fraction of sp³-hybridized carbons (Fsp3) is 0.385. The van der Waals surface area contributed by atoms with Gasteiger partial charge in [-0.2, -0.15) is 0 Å². The summed E-state index contributed by atoms with van der Waals surface area (Å²) < 4.78 is 1.96. The molecule has 90 valence electrons. The van der Waals surface area contributed by atoms with Crippen LogP contribution in [0.5, 0.6) is 0 Å². The number of aromatic nitrogens is 3. The van der Waals surface area contributed by atoms with E-state index in [0.29, 0.717) is 6.42 Å². The molecule has 0 aromatic carbocycles. The zero-order chi connectivity index (χ0) is 12.1. The summed E-state index contributed by atoms with van der Waals surface area (Å²) in [5.74, 6) is 0. The maximum absolute atomic E-state index is 9.99. The lowest BCUT2D eigenvalue weighted by molar-refractivity contribution is 0.163. The summed E-state index contributed by atoms with van der Waals surface area (Å²) in [6.07, 6.45) is 6.32. The van der Waals surface area contributed by atoms with Gasteiger partial charge < -0.3 is 9.67 Å². The molecule has 0 amide bonds. The molecule has 0 spiro atoms. The average molecular weight is 231 g/mol.